The van der Waals surface area contributed by atoms with E-state index in [1.807, 2.05) is 38.4 Å². The Kier molecular flexibility index (Phi) is 9.96. The number of hydrogen-bond acceptors (Lipinski definition) is 9. The molecule has 14 heteroatoms. The number of methoxy groups -OCH3 is 1. The number of hydrogen-bond donors (Lipinski definition) is 1. The van der Waals surface area contributed by atoms with E-state index >= 15 is 0 Å². The zero-order valence-corrected chi connectivity index (χ0v) is 29.4. The lowest BCUT2D eigenvalue weighted by Crippen LogP contribution is -2.38. The summed E-state index contributed by atoms with van der Waals surface area (Å²) in [5.74, 6) is 0.953. The zero-order chi connectivity index (χ0) is 34.9. The Morgan fingerprint density at radius 2 is 1.78 bits per heavy atom. The molecule has 49 heavy (non-hydrogen) atoms. The Labute approximate surface area is 290 Å². The number of halogens is 1. The average Bonchev–Trinajstić information content (AvgIpc) is 3.64. The number of rotatable bonds is 11. The number of benzene rings is 2. The van der Waals surface area contributed by atoms with Gasteiger partial charge in [0, 0.05) is 41.0 Å². The molecule has 1 N–H and O–H groups in total. The molecule has 1 fully saturated rings. The lowest BCUT2D eigenvalue weighted by molar-refractivity contribution is -0.146. The Morgan fingerprint density at radius 3 is 2.47 bits per heavy atom. The second kappa shape index (κ2) is 14.2. The monoisotopic (exact) mass is 706 g/mol. The van der Waals surface area contributed by atoms with E-state index in [0.717, 1.165) is 42.3 Å². The molecule has 2 aromatic carbocycles. The molecule has 0 unspecified atom stereocenters. The highest BCUT2D eigenvalue weighted by atomic mass is 35.5. The molecule has 0 saturated heterocycles. The molecule has 6 rings (SSSR count). The normalized spacial score (nSPS) is 16.6. The number of fused-ring (bicyclic) bond motifs is 2. The van der Waals surface area contributed by atoms with Crippen LogP contribution in [0.1, 0.15) is 47.3 Å². The summed E-state index contributed by atoms with van der Waals surface area (Å²) >= 11 is 6.05. The highest BCUT2D eigenvalue weighted by Gasteiger charge is 2.29. The minimum absolute atomic E-state index is 0.0573. The van der Waals surface area contributed by atoms with Gasteiger partial charge in [0.15, 0.2) is 6.73 Å². The Bertz CT molecular complexity index is 2120. The molecule has 0 bridgehead atoms. The van der Waals surface area contributed by atoms with E-state index in [4.69, 9.17) is 21.1 Å². The predicted molar refractivity (Wildman–Crippen MR) is 189 cm³/mol. The molecule has 1 aliphatic rings. The third kappa shape index (κ3) is 7.15. The van der Waals surface area contributed by atoms with Gasteiger partial charge < -0.3 is 14.4 Å². The molecule has 0 amide bonds. The molecular weight excluding hydrogens is 668 g/mol. The number of carbonyl (C=O) groups excluding carboxylic acids is 2. The van der Waals surface area contributed by atoms with Crippen LogP contribution in [0, 0.1) is 12.8 Å². The number of anilines is 1. The molecule has 3 aromatic heterocycles. The van der Waals surface area contributed by atoms with Crippen molar-refractivity contribution in [2.75, 3.05) is 31.9 Å². The van der Waals surface area contributed by atoms with Gasteiger partial charge in [0.2, 0.25) is 10.0 Å². The smallest absolute Gasteiger partial charge is 0.312 e. The number of ether oxygens (including phenoxy) is 2. The summed E-state index contributed by atoms with van der Waals surface area (Å²) in [6, 6.07) is 14.2. The van der Waals surface area contributed by atoms with Crippen molar-refractivity contribution in [2.45, 2.75) is 51.8 Å². The van der Waals surface area contributed by atoms with Gasteiger partial charge in [0.25, 0.3) is 5.91 Å². The molecular formula is C35H39ClN6O6S. The first-order valence-electron chi connectivity index (χ1n) is 16.1. The second-order valence-corrected chi connectivity index (χ2v) is 14.8. The standard InChI is InChI=1S/C35H39ClN6O6S/c1-22-29(30-17-27(47-4)13-14-31(30)42(22)35(44)24-7-9-25(36)10-8-24)18-32(43)48-21-41-16-15-28-33(38-20-39-34(28)41)40(3)26-11-5-23(6-12-26)19-49(45,46)37-2/h7-10,13-17,20,23,26,37H,5-6,11-12,18-19,21H2,1-4H3/t23-,26-. The SMILES string of the molecule is CNS(=O)(=O)C[C@H]1CC[C@H](N(C)c2ncnc3c2ccn3COC(=O)Cc2c(C)n(C(=O)c3ccc(Cl)cc3)c3ccc(OC)cc23)CC1. The first-order chi connectivity index (χ1) is 23.5. The fourth-order valence-corrected chi connectivity index (χ4v) is 8.02. The lowest BCUT2D eigenvalue weighted by atomic mass is 9.86. The molecule has 5 aromatic rings. The van der Waals surface area contributed by atoms with Crippen LogP contribution in [0.25, 0.3) is 21.9 Å². The van der Waals surface area contributed by atoms with Crippen LogP contribution in [0.5, 0.6) is 5.75 Å². The predicted octanol–water partition coefficient (Wildman–Crippen LogP) is 5.33. The van der Waals surface area contributed by atoms with E-state index in [-0.39, 0.29) is 36.8 Å². The number of nitrogens with one attached hydrogen (secondary N) is 1. The first-order valence-corrected chi connectivity index (χ1v) is 18.1. The second-order valence-electron chi connectivity index (χ2n) is 12.4. The minimum atomic E-state index is -3.24. The molecule has 0 spiro atoms. The highest BCUT2D eigenvalue weighted by molar-refractivity contribution is 7.89. The maximum absolute atomic E-state index is 13.6. The third-order valence-electron chi connectivity index (χ3n) is 9.52. The van der Waals surface area contributed by atoms with Gasteiger partial charge >= 0.3 is 5.97 Å². The van der Waals surface area contributed by atoms with Gasteiger partial charge in [-0.25, -0.2) is 23.1 Å². The number of nitrogens with zero attached hydrogens (tertiary/aromatic N) is 5. The number of esters is 1. The molecule has 1 saturated carbocycles. The first kappa shape index (κ1) is 34.4. The van der Waals surface area contributed by atoms with Gasteiger partial charge in [-0.2, -0.15) is 0 Å². The minimum Gasteiger partial charge on any atom is -0.497 e. The van der Waals surface area contributed by atoms with E-state index in [1.165, 1.54) is 13.4 Å². The van der Waals surface area contributed by atoms with Crippen molar-refractivity contribution in [1.29, 1.82) is 0 Å². The van der Waals surface area contributed by atoms with Crippen LogP contribution in [-0.2, 0) is 32.7 Å². The Hall–Kier alpha value is -4.46. The zero-order valence-electron chi connectivity index (χ0n) is 27.8. The molecule has 1 aliphatic carbocycles. The summed E-state index contributed by atoms with van der Waals surface area (Å²) in [7, 11) is 1.78. The molecule has 3 heterocycles. The number of sulfonamides is 1. The van der Waals surface area contributed by atoms with Crippen LogP contribution < -0.4 is 14.4 Å². The van der Waals surface area contributed by atoms with Crippen molar-refractivity contribution in [2.24, 2.45) is 5.92 Å². The molecule has 12 nitrogen and oxygen atoms in total. The van der Waals surface area contributed by atoms with E-state index in [0.29, 0.717) is 38.8 Å². The lowest BCUT2D eigenvalue weighted by Gasteiger charge is -2.35. The number of carbonyl (C=O) groups is 2. The molecule has 258 valence electrons. The van der Waals surface area contributed by atoms with Crippen LogP contribution in [0.2, 0.25) is 5.02 Å². The Morgan fingerprint density at radius 1 is 1.04 bits per heavy atom. The van der Waals surface area contributed by atoms with Crippen molar-refractivity contribution in [3.63, 3.8) is 0 Å². The average molecular weight is 707 g/mol. The van der Waals surface area contributed by atoms with E-state index in [9.17, 15) is 18.0 Å². The van der Waals surface area contributed by atoms with Crippen molar-refractivity contribution in [3.8, 4) is 5.75 Å². The quantitative estimate of drug-likeness (QED) is 0.181. The fourth-order valence-electron chi connectivity index (χ4n) is 6.77. The topological polar surface area (TPSA) is 138 Å². The Balaban J connectivity index is 1.17. The van der Waals surface area contributed by atoms with Crippen LogP contribution in [-0.4, -0.2) is 72.4 Å². The van der Waals surface area contributed by atoms with Crippen molar-refractivity contribution >= 4 is 61.3 Å². The number of aromatic nitrogens is 4. The van der Waals surface area contributed by atoms with Crippen LogP contribution in [0.3, 0.4) is 0 Å². The summed E-state index contributed by atoms with van der Waals surface area (Å²) in [5, 5.41) is 2.08. The fraction of sp³-hybridized carbons (Fsp3) is 0.371. The van der Waals surface area contributed by atoms with Crippen molar-refractivity contribution < 1.29 is 27.5 Å². The van der Waals surface area contributed by atoms with Gasteiger partial charge in [0.05, 0.1) is 30.2 Å². The van der Waals surface area contributed by atoms with Gasteiger partial charge in [0.1, 0.15) is 23.5 Å². The summed E-state index contributed by atoms with van der Waals surface area (Å²) in [4.78, 5) is 38.2. The van der Waals surface area contributed by atoms with Crippen molar-refractivity contribution in [1.82, 2.24) is 23.8 Å². The van der Waals surface area contributed by atoms with Crippen LogP contribution in [0.15, 0.2) is 61.1 Å². The maximum Gasteiger partial charge on any atom is 0.312 e. The molecule has 0 radical (unpaired) electrons. The van der Waals surface area contributed by atoms with Crippen molar-refractivity contribution in [3.05, 3.63) is 82.9 Å². The van der Waals surface area contributed by atoms with E-state index in [2.05, 4.69) is 19.6 Å². The van der Waals surface area contributed by atoms with E-state index < -0.39 is 16.0 Å². The maximum atomic E-state index is 13.6. The largest absolute Gasteiger partial charge is 0.497 e. The van der Waals surface area contributed by atoms with Crippen LogP contribution >= 0.6 is 11.6 Å². The summed E-state index contributed by atoms with van der Waals surface area (Å²) < 4.78 is 41.0. The summed E-state index contributed by atoms with van der Waals surface area (Å²) in [6.45, 7) is 1.76. The van der Waals surface area contributed by atoms with Gasteiger partial charge in [-0.3, -0.25) is 18.7 Å². The third-order valence-corrected chi connectivity index (χ3v) is 11.3. The summed E-state index contributed by atoms with van der Waals surface area (Å²) in [5.41, 5.74) is 3.05. The van der Waals surface area contributed by atoms with E-state index in [1.54, 1.807) is 46.6 Å². The van der Waals surface area contributed by atoms with Gasteiger partial charge in [-0.15, -0.1) is 0 Å². The van der Waals surface area contributed by atoms with Crippen LogP contribution in [0.4, 0.5) is 5.82 Å². The molecule has 0 aliphatic heterocycles. The summed E-state index contributed by atoms with van der Waals surface area (Å²) in [6.07, 6.45) is 6.62. The highest BCUT2D eigenvalue weighted by Crippen LogP contribution is 2.33. The van der Waals surface area contributed by atoms with Gasteiger partial charge in [-0.05, 0) is 99.7 Å². The molecule has 0 atom stereocenters. The van der Waals surface area contributed by atoms with Gasteiger partial charge in [-0.1, -0.05) is 11.6 Å².